The van der Waals surface area contributed by atoms with Crippen molar-refractivity contribution >= 4 is 38.2 Å². The third kappa shape index (κ3) is 3.92. The molecule has 1 atom stereocenters. The van der Waals surface area contributed by atoms with Gasteiger partial charge < -0.3 is 5.32 Å². The molecule has 3 rings (SSSR count). The first-order chi connectivity index (χ1) is 12.7. The Morgan fingerprint density at radius 3 is 2.56 bits per heavy atom. The Labute approximate surface area is 160 Å². The molecular formula is C17H18FN3O4S2. The van der Waals surface area contributed by atoms with E-state index in [0.29, 0.717) is 23.4 Å². The van der Waals surface area contributed by atoms with Gasteiger partial charge in [-0.1, -0.05) is 11.3 Å². The van der Waals surface area contributed by atoms with Crippen LogP contribution >= 0.6 is 11.3 Å². The summed E-state index contributed by atoms with van der Waals surface area (Å²) in [4.78, 5) is 28.7. The van der Waals surface area contributed by atoms with Gasteiger partial charge in [-0.25, -0.2) is 17.8 Å². The molecular weight excluding hydrogens is 393 g/mol. The summed E-state index contributed by atoms with van der Waals surface area (Å²) < 4.78 is 39.9. The standard InChI is InChI=1S/C17H18FN3O4S2/c1-10-15(11(2)22)26-17(19-10)20-16(23)14-4-3-9-21(14)27(24,25)13-7-5-12(18)6-8-13/h5-8,14H,3-4,9H2,1-2H3,(H,19,20,23). The molecule has 0 saturated carbocycles. The van der Waals surface area contributed by atoms with Crippen LogP contribution in [0.15, 0.2) is 29.2 Å². The van der Waals surface area contributed by atoms with E-state index in [2.05, 4.69) is 10.3 Å². The fraction of sp³-hybridized carbons (Fsp3) is 0.353. The van der Waals surface area contributed by atoms with Crippen molar-refractivity contribution < 1.29 is 22.4 Å². The number of rotatable bonds is 5. The molecule has 1 aromatic heterocycles. The number of nitrogens with one attached hydrogen (secondary N) is 1. The number of thiazole rings is 1. The average Bonchev–Trinajstić information content (AvgIpc) is 3.22. The summed E-state index contributed by atoms with van der Waals surface area (Å²) in [5, 5.41) is 2.87. The molecule has 1 unspecified atom stereocenters. The molecule has 0 bridgehead atoms. The van der Waals surface area contributed by atoms with Crippen molar-refractivity contribution in [3.05, 3.63) is 40.7 Å². The van der Waals surface area contributed by atoms with Crippen LogP contribution in [0.2, 0.25) is 0 Å². The Bertz CT molecular complexity index is 986. The van der Waals surface area contributed by atoms with Crippen molar-refractivity contribution in [1.29, 1.82) is 0 Å². The highest BCUT2D eigenvalue weighted by Gasteiger charge is 2.39. The van der Waals surface area contributed by atoms with E-state index in [4.69, 9.17) is 0 Å². The second kappa shape index (κ2) is 7.45. The van der Waals surface area contributed by atoms with Gasteiger partial charge in [0, 0.05) is 13.5 Å². The molecule has 0 aliphatic carbocycles. The van der Waals surface area contributed by atoms with E-state index in [1.165, 1.54) is 19.1 Å². The molecule has 1 saturated heterocycles. The Kier molecular flexibility index (Phi) is 5.41. The van der Waals surface area contributed by atoms with Crippen molar-refractivity contribution in [2.24, 2.45) is 0 Å². The summed E-state index contributed by atoms with van der Waals surface area (Å²) in [6, 6.07) is 3.62. The zero-order valence-corrected chi connectivity index (χ0v) is 16.4. The summed E-state index contributed by atoms with van der Waals surface area (Å²) in [7, 11) is -3.92. The minimum Gasteiger partial charge on any atom is -0.301 e. The second-order valence-electron chi connectivity index (χ2n) is 6.21. The number of hydrogen-bond acceptors (Lipinski definition) is 6. The molecule has 0 radical (unpaired) electrons. The number of nitrogens with zero attached hydrogens (tertiary/aromatic N) is 2. The smallest absolute Gasteiger partial charge is 0.244 e. The number of carbonyl (C=O) groups is 2. The molecule has 2 heterocycles. The lowest BCUT2D eigenvalue weighted by atomic mass is 10.2. The van der Waals surface area contributed by atoms with Gasteiger partial charge in [0.25, 0.3) is 0 Å². The number of anilines is 1. The molecule has 144 valence electrons. The van der Waals surface area contributed by atoms with Gasteiger partial charge in [0.15, 0.2) is 10.9 Å². The number of ketones is 1. The number of halogens is 1. The van der Waals surface area contributed by atoms with Gasteiger partial charge in [-0.3, -0.25) is 9.59 Å². The molecule has 1 aliphatic heterocycles. The van der Waals surface area contributed by atoms with Crippen LogP contribution in [0.5, 0.6) is 0 Å². The summed E-state index contributed by atoms with van der Waals surface area (Å²) in [6.07, 6.45) is 0.907. The van der Waals surface area contributed by atoms with Crippen LogP contribution in [0.4, 0.5) is 9.52 Å². The first-order valence-electron chi connectivity index (χ1n) is 8.27. The summed E-state index contributed by atoms with van der Waals surface area (Å²) in [5.74, 6) is -1.18. The topological polar surface area (TPSA) is 96.4 Å². The predicted molar refractivity (Wildman–Crippen MR) is 98.8 cm³/mol. The van der Waals surface area contributed by atoms with Gasteiger partial charge in [-0.2, -0.15) is 4.31 Å². The Balaban J connectivity index is 1.81. The van der Waals surface area contributed by atoms with Crippen molar-refractivity contribution in [3.63, 3.8) is 0 Å². The van der Waals surface area contributed by atoms with Gasteiger partial charge in [-0.15, -0.1) is 0 Å². The first-order valence-corrected chi connectivity index (χ1v) is 10.5. The van der Waals surface area contributed by atoms with Crippen LogP contribution in [0, 0.1) is 12.7 Å². The lowest BCUT2D eigenvalue weighted by molar-refractivity contribution is -0.119. The number of sulfonamides is 1. The van der Waals surface area contributed by atoms with Crippen molar-refractivity contribution in [2.75, 3.05) is 11.9 Å². The molecule has 1 aromatic carbocycles. The molecule has 0 spiro atoms. The van der Waals surface area contributed by atoms with E-state index >= 15 is 0 Å². The minimum absolute atomic E-state index is 0.0624. The van der Waals surface area contributed by atoms with Gasteiger partial charge in [0.05, 0.1) is 15.5 Å². The molecule has 2 aromatic rings. The van der Waals surface area contributed by atoms with Gasteiger partial charge in [0.2, 0.25) is 15.9 Å². The first kappa shape index (κ1) is 19.6. The Morgan fingerprint density at radius 2 is 1.96 bits per heavy atom. The maximum atomic E-state index is 13.1. The van der Waals surface area contributed by atoms with Crippen LogP contribution in [-0.2, 0) is 14.8 Å². The van der Waals surface area contributed by atoms with Crippen molar-refractivity contribution in [2.45, 2.75) is 37.6 Å². The Hall–Kier alpha value is -2.17. The Morgan fingerprint density at radius 1 is 1.30 bits per heavy atom. The van der Waals surface area contributed by atoms with Crippen molar-refractivity contribution in [3.8, 4) is 0 Å². The third-order valence-corrected chi connectivity index (χ3v) is 7.37. The fourth-order valence-electron chi connectivity index (χ4n) is 3.00. The molecule has 1 fully saturated rings. The number of hydrogen-bond donors (Lipinski definition) is 1. The highest BCUT2D eigenvalue weighted by Crippen LogP contribution is 2.28. The van der Waals surface area contributed by atoms with Gasteiger partial charge in [-0.05, 0) is 44.0 Å². The maximum Gasteiger partial charge on any atom is 0.244 e. The van der Waals surface area contributed by atoms with E-state index in [-0.39, 0.29) is 22.4 Å². The normalized spacial score (nSPS) is 17.8. The van der Waals surface area contributed by atoms with Gasteiger partial charge >= 0.3 is 0 Å². The SMILES string of the molecule is CC(=O)c1sc(NC(=O)C2CCCN2S(=O)(=O)c2ccc(F)cc2)nc1C. The van der Waals surface area contributed by atoms with E-state index in [9.17, 15) is 22.4 Å². The molecule has 1 N–H and O–H groups in total. The van der Waals surface area contributed by atoms with Gasteiger partial charge in [0.1, 0.15) is 11.9 Å². The number of aromatic nitrogens is 1. The molecule has 7 nitrogen and oxygen atoms in total. The van der Waals surface area contributed by atoms with E-state index < -0.39 is 27.8 Å². The highest BCUT2D eigenvalue weighted by atomic mass is 32.2. The number of aryl methyl sites for hydroxylation is 1. The number of amides is 1. The van der Waals surface area contributed by atoms with Crippen LogP contribution in [0.1, 0.15) is 35.1 Å². The summed E-state index contributed by atoms with van der Waals surface area (Å²) in [5.41, 5.74) is 0.519. The van der Waals surface area contributed by atoms with Crippen LogP contribution in [0.3, 0.4) is 0 Å². The highest BCUT2D eigenvalue weighted by molar-refractivity contribution is 7.89. The lowest BCUT2D eigenvalue weighted by Gasteiger charge is -2.23. The molecule has 1 amide bonds. The summed E-state index contributed by atoms with van der Waals surface area (Å²) in [6.45, 7) is 3.29. The second-order valence-corrected chi connectivity index (χ2v) is 9.10. The van der Waals surface area contributed by atoms with Crippen molar-refractivity contribution in [1.82, 2.24) is 9.29 Å². The largest absolute Gasteiger partial charge is 0.301 e. The molecule has 27 heavy (non-hydrogen) atoms. The van der Waals surface area contributed by atoms with Crippen LogP contribution < -0.4 is 5.32 Å². The zero-order chi connectivity index (χ0) is 19.8. The number of Topliss-reactive ketones (excluding diaryl/α,β-unsaturated/α-hetero) is 1. The maximum absolute atomic E-state index is 13.1. The molecule has 10 heteroatoms. The zero-order valence-electron chi connectivity index (χ0n) is 14.7. The quantitative estimate of drug-likeness (QED) is 0.763. The molecule has 1 aliphatic rings. The van der Waals surface area contributed by atoms with E-state index in [1.807, 2.05) is 0 Å². The third-order valence-electron chi connectivity index (χ3n) is 4.27. The predicted octanol–water partition coefficient (Wildman–Crippen LogP) is 2.59. The van der Waals surface area contributed by atoms with Crippen LogP contribution in [0.25, 0.3) is 0 Å². The minimum atomic E-state index is -3.92. The summed E-state index contributed by atoms with van der Waals surface area (Å²) >= 11 is 1.06. The average molecular weight is 411 g/mol. The van der Waals surface area contributed by atoms with E-state index in [1.54, 1.807) is 6.92 Å². The van der Waals surface area contributed by atoms with E-state index in [0.717, 1.165) is 27.8 Å². The fourth-order valence-corrected chi connectivity index (χ4v) is 5.52. The number of benzene rings is 1. The monoisotopic (exact) mass is 411 g/mol. The number of carbonyl (C=O) groups excluding carboxylic acids is 2. The lowest BCUT2D eigenvalue weighted by Crippen LogP contribution is -2.43. The van der Waals surface area contributed by atoms with Crippen LogP contribution in [-0.4, -0.2) is 42.0 Å².